The Labute approximate surface area is 155 Å². The Balaban J connectivity index is 2.60. The van der Waals surface area contributed by atoms with Crippen LogP contribution in [-0.2, 0) is 9.84 Å². The number of carbonyl (C=O) groups is 1. The van der Waals surface area contributed by atoms with Crippen LogP contribution in [0.5, 0.6) is 0 Å². The van der Waals surface area contributed by atoms with Crippen LogP contribution in [-0.4, -0.2) is 33.2 Å². The Morgan fingerprint density at radius 2 is 1.68 bits per heavy atom. The molecule has 25 heavy (non-hydrogen) atoms. The number of ketones is 1. The van der Waals surface area contributed by atoms with Gasteiger partial charge in [-0.05, 0) is 42.5 Å². The van der Waals surface area contributed by atoms with Crippen LogP contribution in [0, 0.1) is 5.82 Å². The first-order chi connectivity index (χ1) is 11.6. The minimum atomic E-state index is -4.18. The Hall–Kier alpha value is -1.89. The zero-order valence-corrected chi connectivity index (χ0v) is 15.7. The van der Waals surface area contributed by atoms with E-state index >= 15 is 0 Å². The van der Waals surface area contributed by atoms with Crippen molar-refractivity contribution in [3.8, 4) is 0 Å². The van der Waals surface area contributed by atoms with Gasteiger partial charge in [0, 0.05) is 30.9 Å². The highest BCUT2D eigenvalue weighted by Crippen LogP contribution is 2.28. The van der Waals surface area contributed by atoms with Crippen LogP contribution in [0.3, 0.4) is 0 Å². The van der Waals surface area contributed by atoms with Crippen LogP contribution in [0.25, 0.3) is 0 Å². The van der Waals surface area contributed by atoms with Crippen molar-refractivity contribution in [3.05, 3.63) is 75.0 Å². The first-order valence-corrected chi connectivity index (χ1v) is 9.25. The number of halogens is 3. The zero-order chi connectivity index (χ0) is 18.8. The molecule has 8 heteroatoms. The second-order valence-electron chi connectivity index (χ2n) is 5.37. The summed E-state index contributed by atoms with van der Waals surface area (Å²) in [4.78, 5) is 13.6. The number of Topliss-reactive ketones (excluding diaryl/α,β-unsaturated/α-hetero) is 1. The summed E-state index contributed by atoms with van der Waals surface area (Å²) in [6.07, 6.45) is 1.19. The number of nitrogens with zero attached hydrogens (tertiary/aromatic N) is 1. The summed E-state index contributed by atoms with van der Waals surface area (Å²) in [6, 6.07) is 8.39. The predicted molar refractivity (Wildman–Crippen MR) is 96.1 cm³/mol. The number of benzene rings is 2. The smallest absolute Gasteiger partial charge is 0.211 e. The van der Waals surface area contributed by atoms with Crippen molar-refractivity contribution in [2.75, 3.05) is 14.1 Å². The van der Waals surface area contributed by atoms with Gasteiger partial charge in [-0.2, -0.15) is 0 Å². The summed E-state index contributed by atoms with van der Waals surface area (Å²) >= 11 is 11.8. The highest BCUT2D eigenvalue weighted by Gasteiger charge is 2.29. The van der Waals surface area contributed by atoms with Gasteiger partial charge in [-0.1, -0.05) is 23.2 Å². The number of rotatable bonds is 5. The second-order valence-corrected chi connectivity index (χ2v) is 8.13. The molecule has 0 unspecified atom stereocenters. The van der Waals surface area contributed by atoms with Crippen molar-refractivity contribution in [1.29, 1.82) is 0 Å². The van der Waals surface area contributed by atoms with Gasteiger partial charge < -0.3 is 4.90 Å². The molecule has 0 aliphatic carbocycles. The Kier molecular flexibility index (Phi) is 5.87. The molecule has 0 spiro atoms. The number of hydrogen-bond donors (Lipinski definition) is 0. The van der Waals surface area contributed by atoms with Crippen molar-refractivity contribution in [2.24, 2.45) is 0 Å². The third-order valence-corrected chi connectivity index (χ3v) is 5.50. The summed E-state index contributed by atoms with van der Waals surface area (Å²) in [7, 11) is -1.01. The van der Waals surface area contributed by atoms with Crippen LogP contribution >= 0.6 is 23.2 Å². The lowest BCUT2D eigenvalue weighted by Crippen LogP contribution is -2.18. The molecule has 0 aromatic heterocycles. The molecule has 0 fully saturated rings. The molecule has 2 aromatic carbocycles. The van der Waals surface area contributed by atoms with Gasteiger partial charge in [-0.15, -0.1) is 0 Å². The van der Waals surface area contributed by atoms with Crippen molar-refractivity contribution >= 4 is 38.8 Å². The molecular formula is C17H14Cl2FNO3S. The standard InChI is InChI=1S/C17H14Cl2FNO3S/c1-21(2)10-16(17(22)14-8-3-11(18)9-15(14)19)25(23,24)13-6-4-12(20)5-7-13/h3-10H,1-2H3/b16-10+. The van der Waals surface area contributed by atoms with E-state index in [2.05, 4.69) is 0 Å². The van der Waals surface area contributed by atoms with Crippen molar-refractivity contribution in [1.82, 2.24) is 4.90 Å². The van der Waals surface area contributed by atoms with E-state index in [-0.39, 0.29) is 15.5 Å². The van der Waals surface area contributed by atoms with E-state index in [1.807, 2.05) is 0 Å². The first-order valence-electron chi connectivity index (χ1n) is 7.01. The molecule has 0 bridgehead atoms. The summed E-state index contributed by atoms with van der Waals surface area (Å²) in [6.45, 7) is 0. The SMILES string of the molecule is CN(C)/C=C(\C(=O)c1ccc(Cl)cc1Cl)S(=O)(=O)c1ccc(F)cc1. The normalized spacial score (nSPS) is 12.1. The van der Waals surface area contributed by atoms with E-state index in [4.69, 9.17) is 23.2 Å². The van der Waals surface area contributed by atoms with Gasteiger partial charge in [-0.25, -0.2) is 12.8 Å². The maximum absolute atomic E-state index is 13.1. The minimum absolute atomic E-state index is 0.00449. The predicted octanol–water partition coefficient (Wildman–Crippen LogP) is 4.19. The topological polar surface area (TPSA) is 54.5 Å². The Morgan fingerprint density at radius 3 is 2.20 bits per heavy atom. The third-order valence-electron chi connectivity index (χ3n) is 3.19. The molecule has 0 saturated heterocycles. The lowest BCUT2D eigenvalue weighted by molar-refractivity contribution is 0.104. The average molecular weight is 402 g/mol. The zero-order valence-electron chi connectivity index (χ0n) is 13.3. The van der Waals surface area contributed by atoms with Crippen LogP contribution < -0.4 is 0 Å². The molecule has 2 aromatic rings. The molecule has 0 radical (unpaired) electrons. The summed E-state index contributed by atoms with van der Waals surface area (Å²) < 4.78 is 38.8. The highest BCUT2D eigenvalue weighted by atomic mass is 35.5. The van der Waals surface area contributed by atoms with Crippen LogP contribution in [0.1, 0.15) is 10.4 Å². The van der Waals surface area contributed by atoms with E-state index in [0.717, 1.165) is 24.3 Å². The number of allylic oxidation sites excluding steroid dienone is 1. The molecule has 0 amide bonds. The maximum Gasteiger partial charge on any atom is 0.211 e. The van der Waals surface area contributed by atoms with E-state index in [1.165, 1.54) is 29.3 Å². The summed E-state index contributed by atoms with van der Waals surface area (Å²) in [5, 5.41) is 0.359. The first kappa shape index (κ1) is 19.4. The minimum Gasteiger partial charge on any atom is -0.382 e. The van der Waals surface area contributed by atoms with Crippen molar-refractivity contribution in [2.45, 2.75) is 4.90 Å². The molecule has 2 rings (SSSR count). The molecule has 132 valence electrons. The fourth-order valence-corrected chi connectivity index (χ4v) is 3.98. The molecule has 0 aliphatic rings. The van der Waals surface area contributed by atoms with E-state index in [9.17, 15) is 17.6 Å². The fourth-order valence-electron chi connectivity index (χ4n) is 2.03. The Bertz CT molecular complexity index is 939. The van der Waals surface area contributed by atoms with Crippen LogP contribution in [0.4, 0.5) is 4.39 Å². The van der Waals surface area contributed by atoms with Gasteiger partial charge >= 0.3 is 0 Å². The van der Waals surface area contributed by atoms with Gasteiger partial charge in [0.05, 0.1) is 9.92 Å². The van der Waals surface area contributed by atoms with E-state index < -0.39 is 26.3 Å². The van der Waals surface area contributed by atoms with Gasteiger partial charge in [0.25, 0.3) is 0 Å². The van der Waals surface area contributed by atoms with E-state index in [1.54, 1.807) is 14.1 Å². The number of sulfone groups is 1. The molecule has 0 aliphatic heterocycles. The Morgan fingerprint density at radius 1 is 1.08 bits per heavy atom. The van der Waals surface area contributed by atoms with Gasteiger partial charge in [0.15, 0.2) is 0 Å². The quantitative estimate of drug-likeness (QED) is 0.428. The van der Waals surface area contributed by atoms with Gasteiger partial charge in [0.1, 0.15) is 10.7 Å². The lowest BCUT2D eigenvalue weighted by Gasteiger charge is -2.13. The lowest BCUT2D eigenvalue weighted by atomic mass is 10.1. The monoisotopic (exact) mass is 401 g/mol. The average Bonchev–Trinajstić information content (AvgIpc) is 2.52. The van der Waals surface area contributed by atoms with Gasteiger partial charge in [-0.3, -0.25) is 4.79 Å². The van der Waals surface area contributed by atoms with E-state index in [0.29, 0.717) is 5.02 Å². The van der Waals surface area contributed by atoms with Crippen LogP contribution in [0.15, 0.2) is 58.5 Å². The molecular weight excluding hydrogens is 388 g/mol. The van der Waals surface area contributed by atoms with Crippen molar-refractivity contribution in [3.63, 3.8) is 0 Å². The van der Waals surface area contributed by atoms with Crippen LogP contribution in [0.2, 0.25) is 10.0 Å². The molecule has 4 nitrogen and oxygen atoms in total. The summed E-state index contributed by atoms with van der Waals surface area (Å²) in [5.74, 6) is -1.36. The largest absolute Gasteiger partial charge is 0.382 e. The third kappa shape index (κ3) is 4.39. The number of hydrogen-bond acceptors (Lipinski definition) is 4. The molecule has 0 N–H and O–H groups in total. The molecule has 0 saturated carbocycles. The molecule has 0 atom stereocenters. The second kappa shape index (κ2) is 7.56. The number of carbonyl (C=O) groups excluding carboxylic acids is 1. The highest BCUT2D eigenvalue weighted by molar-refractivity contribution is 7.96. The molecule has 0 heterocycles. The maximum atomic E-state index is 13.1. The van der Waals surface area contributed by atoms with Crippen molar-refractivity contribution < 1.29 is 17.6 Å². The van der Waals surface area contributed by atoms with Gasteiger partial charge in [0.2, 0.25) is 15.6 Å². The summed E-state index contributed by atoms with van der Waals surface area (Å²) in [5.41, 5.74) is 0.00449. The fraction of sp³-hybridized carbons (Fsp3) is 0.118.